The summed E-state index contributed by atoms with van der Waals surface area (Å²) in [6, 6.07) is 1.92. The summed E-state index contributed by atoms with van der Waals surface area (Å²) in [5.74, 6) is -0.593. The number of carbonyl (C=O) groups is 1. The van der Waals surface area contributed by atoms with Crippen LogP contribution in [0.2, 0.25) is 0 Å². The lowest BCUT2D eigenvalue weighted by Gasteiger charge is -2.13. The molecule has 2 aromatic rings. The summed E-state index contributed by atoms with van der Waals surface area (Å²) in [6.45, 7) is 1.81. The van der Waals surface area contributed by atoms with E-state index in [-0.39, 0.29) is 23.9 Å². The Bertz CT molecular complexity index is 583. The Morgan fingerprint density at radius 3 is 2.78 bits per heavy atom. The van der Waals surface area contributed by atoms with Crippen molar-refractivity contribution >= 4 is 17.3 Å². The molecule has 0 aliphatic heterocycles. The molecule has 96 valence electrons. The Morgan fingerprint density at radius 1 is 1.50 bits per heavy atom. The lowest BCUT2D eigenvalue weighted by molar-refractivity contribution is -0.140. The molecule has 0 aliphatic carbocycles. The van der Waals surface area contributed by atoms with Gasteiger partial charge in [0.2, 0.25) is 0 Å². The third kappa shape index (κ3) is 2.38. The fraction of sp³-hybridized carbons (Fsp3) is 0.333. The summed E-state index contributed by atoms with van der Waals surface area (Å²) in [7, 11) is 1.35. The lowest BCUT2D eigenvalue weighted by atomic mass is 9.90. The second-order valence-corrected chi connectivity index (χ2v) is 4.79. The third-order valence-electron chi connectivity index (χ3n) is 2.90. The first kappa shape index (κ1) is 12.6. The largest absolute Gasteiger partial charge is 0.469 e. The van der Waals surface area contributed by atoms with Crippen LogP contribution in [0.25, 0.3) is 0 Å². The van der Waals surface area contributed by atoms with Crippen molar-refractivity contribution in [2.75, 3.05) is 7.11 Å². The van der Waals surface area contributed by atoms with Crippen LogP contribution in [0.1, 0.15) is 29.2 Å². The first-order chi connectivity index (χ1) is 8.63. The van der Waals surface area contributed by atoms with Gasteiger partial charge in [0.1, 0.15) is 0 Å². The van der Waals surface area contributed by atoms with Gasteiger partial charge in [-0.05, 0) is 29.3 Å². The fourth-order valence-electron chi connectivity index (χ4n) is 1.98. The molecular formula is C12H14N2O3S. The number of hydrogen-bond donors (Lipinski definition) is 2. The van der Waals surface area contributed by atoms with Crippen LogP contribution in [0, 0.1) is 6.92 Å². The highest BCUT2D eigenvalue weighted by molar-refractivity contribution is 7.08. The second kappa shape index (κ2) is 5.22. The number of ether oxygens (including phenoxy) is 1. The van der Waals surface area contributed by atoms with Crippen LogP contribution in [0.4, 0.5) is 0 Å². The average Bonchev–Trinajstić information content (AvgIpc) is 2.98. The van der Waals surface area contributed by atoms with Crippen molar-refractivity contribution in [1.82, 2.24) is 10.2 Å². The van der Waals surface area contributed by atoms with E-state index in [0.29, 0.717) is 5.56 Å². The highest BCUT2D eigenvalue weighted by Gasteiger charge is 2.24. The molecular weight excluding hydrogens is 252 g/mol. The van der Waals surface area contributed by atoms with Gasteiger partial charge in [0.15, 0.2) is 0 Å². The number of aromatic amines is 2. The number of carbonyl (C=O) groups excluding carboxylic acids is 1. The quantitative estimate of drug-likeness (QED) is 0.828. The van der Waals surface area contributed by atoms with Crippen molar-refractivity contribution < 1.29 is 9.53 Å². The molecule has 1 atom stereocenters. The highest BCUT2D eigenvalue weighted by atomic mass is 32.1. The van der Waals surface area contributed by atoms with E-state index in [1.54, 1.807) is 0 Å². The van der Waals surface area contributed by atoms with Crippen molar-refractivity contribution in [3.8, 4) is 0 Å². The van der Waals surface area contributed by atoms with Gasteiger partial charge in [0.05, 0.1) is 13.5 Å². The van der Waals surface area contributed by atoms with Crippen LogP contribution in [0.15, 0.2) is 21.6 Å². The molecule has 2 heterocycles. The standard InChI is InChI=1S/C12H14N2O3S/c1-7-11(12(16)14-13-7)9(5-10(15)17-2)8-3-4-18-6-8/h3-4,6,9H,5H2,1-2H3,(H2,13,14,16)/t9-/m1/s1. The van der Waals surface area contributed by atoms with Gasteiger partial charge in [-0.25, -0.2) is 0 Å². The van der Waals surface area contributed by atoms with E-state index in [1.807, 2.05) is 23.8 Å². The van der Waals surface area contributed by atoms with Crippen molar-refractivity contribution in [3.63, 3.8) is 0 Å². The Balaban J connectivity index is 2.43. The van der Waals surface area contributed by atoms with E-state index in [9.17, 15) is 9.59 Å². The molecule has 5 nitrogen and oxygen atoms in total. The molecule has 2 N–H and O–H groups in total. The van der Waals surface area contributed by atoms with Crippen molar-refractivity contribution in [3.05, 3.63) is 44.0 Å². The van der Waals surface area contributed by atoms with E-state index < -0.39 is 0 Å². The molecule has 0 bridgehead atoms. The summed E-state index contributed by atoms with van der Waals surface area (Å²) >= 11 is 1.54. The van der Waals surface area contributed by atoms with E-state index in [1.165, 1.54) is 18.4 Å². The normalized spacial score (nSPS) is 12.3. The Hall–Kier alpha value is -1.82. The highest BCUT2D eigenvalue weighted by Crippen LogP contribution is 2.29. The maximum absolute atomic E-state index is 11.8. The van der Waals surface area contributed by atoms with E-state index in [2.05, 4.69) is 10.2 Å². The summed E-state index contributed by atoms with van der Waals surface area (Å²) in [5.41, 5.74) is 2.12. The smallest absolute Gasteiger partial charge is 0.306 e. The van der Waals surface area contributed by atoms with E-state index in [0.717, 1.165) is 11.3 Å². The van der Waals surface area contributed by atoms with Gasteiger partial charge in [-0.1, -0.05) is 0 Å². The van der Waals surface area contributed by atoms with Gasteiger partial charge in [-0.2, -0.15) is 11.3 Å². The van der Waals surface area contributed by atoms with E-state index in [4.69, 9.17) is 4.74 Å². The molecule has 0 fully saturated rings. The van der Waals surface area contributed by atoms with Gasteiger partial charge in [-0.3, -0.25) is 14.7 Å². The SMILES string of the molecule is COC(=O)C[C@H](c1ccsc1)c1c(C)[nH][nH]c1=O. The van der Waals surface area contributed by atoms with E-state index >= 15 is 0 Å². The topological polar surface area (TPSA) is 75.0 Å². The number of thiophene rings is 1. The van der Waals surface area contributed by atoms with Crippen LogP contribution in [-0.4, -0.2) is 23.3 Å². The zero-order chi connectivity index (χ0) is 13.1. The average molecular weight is 266 g/mol. The number of methoxy groups -OCH3 is 1. The number of H-pyrrole nitrogens is 2. The van der Waals surface area contributed by atoms with Gasteiger partial charge >= 0.3 is 5.97 Å². The Labute approximate surface area is 108 Å². The van der Waals surface area contributed by atoms with Crippen molar-refractivity contribution in [2.24, 2.45) is 0 Å². The van der Waals surface area contributed by atoms with Crippen LogP contribution in [0.3, 0.4) is 0 Å². The van der Waals surface area contributed by atoms with Crippen LogP contribution >= 0.6 is 11.3 Å². The van der Waals surface area contributed by atoms with Gasteiger partial charge in [0.25, 0.3) is 5.56 Å². The van der Waals surface area contributed by atoms with Gasteiger partial charge in [0, 0.05) is 17.2 Å². The summed E-state index contributed by atoms with van der Waals surface area (Å²) in [5, 5.41) is 9.20. The summed E-state index contributed by atoms with van der Waals surface area (Å²) in [4.78, 5) is 23.3. The lowest BCUT2D eigenvalue weighted by Crippen LogP contribution is -2.16. The summed E-state index contributed by atoms with van der Waals surface area (Å²) in [6.07, 6.45) is 0.162. The van der Waals surface area contributed by atoms with Crippen molar-refractivity contribution in [2.45, 2.75) is 19.3 Å². The molecule has 0 aliphatic rings. The minimum atomic E-state index is -0.328. The van der Waals surface area contributed by atoms with Gasteiger partial charge in [-0.15, -0.1) is 0 Å². The molecule has 6 heteroatoms. The van der Waals surface area contributed by atoms with Crippen LogP contribution in [-0.2, 0) is 9.53 Å². The predicted molar refractivity (Wildman–Crippen MR) is 68.9 cm³/mol. The molecule has 0 aromatic carbocycles. The Kier molecular flexibility index (Phi) is 3.66. The maximum Gasteiger partial charge on any atom is 0.306 e. The molecule has 0 saturated heterocycles. The number of rotatable bonds is 4. The zero-order valence-electron chi connectivity index (χ0n) is 10.1. The van der Waals surface area contributed by atoms with Crippen LogP contribution in [0.5, 0.6) is 0 Å². The first-order valence-corrected chi connectivity index (χ1v) is 6.43. The fourth-order valence-corrected chi connectivity index (χ4v) is 2.70. The maximum atomic E-state index is 11.8. The minimum absolute atomic E-state index is 0.162. The molecule has 0 saturated carbocycles. The number of hydrogen-bond acceptors (Lipinski definition) is 4. The monoisotopic (exact) mass is 266 g/mol. The Morgan fingerprint density at radius 2 is 2.28 bits per heavy atom. The number of nitrogens with one attached hydrogen (secondary N) is 2. The molecule has 2 aromatic heterocycles. The predicted octanol–water partition coefficient (Wildman–Crippen LogP) is 1.77. The molecule has 0 spiro atoms. The number of esters is 1. The second-order valence-electron chi connectivity index (χ2n) is 4.01. The molecule has 0 radical (unpaired) electrons. The molecule has 0 unspecified atom stereocenters. The summed E-state index contributed by atoms with van der Waals surface area (Å²) < 4.78 is 4.70. The molecule has 0 amide bonds. The number of aromatic nitrogens is 2. The minimum Gasteiger partial charge on any atom is -0.469 e. The van der Waals surface area contributed by atoms with Gasteiger partial charge < -0.3 is 9.84 Å². The zero-order valence-corrected chi connectivity index (χ0v) is 11.0. The number of aryl methyl sites for hydroxylation is 1. The molecule has 18 heavy (non-hydrogen) atoms. The van der Waals surface area contributed by atoms with Crippen molar-refractivity contribution in [1.29, 1.82) is 0 Å². The molecule has 2 rings (SSSR count). The third-order valence-corrected chi connectivity index (χ3v) is 3.61. The van der Waals surface area contributed by atoms with Crippen LogP contribution < -0.4 is 5.56 Å². The first-order valence-electron chi connectivity index (χ1n) is 5.49.